The van der Waals surface area contributed by atoms with Crippen molar-refractivity contribution < 1.29 is 9.59 Å². The van der Waals surface area contributed by atoms with Gasteiger partial charge in [0, 0.05) is 42.4 Å². The van der Waals surface area contributed by atoms with Crippen molar-refractivity contribution in [3.05, 3.63) is 84.9 Å². The van der Waals surface area contributed by atoms with E-state index in [1.807, 2.05) is 62.5 Å². The van der Waals surface area contributed by atoms with Crippen LogP contribution in [0.3, 0.4) is 0 Å². The van der Waals surface area contributed by atoms with Crippen LogP contribution in [0, 0.1) is 0 Å². The molecule has 0 saturated carbocycles. The van der Waals surface area contributed by atoms with E-state index in [-0.39, 0.29) is 18.1 Å². The summed E-state index contributed by atoms with van der Waals surface area (Å²) in [6.07, 6.45) is 0. The second-order valence-electron chi connectivity index (χ2n) is 7.16. The summed E-state index contributed by atoms with van der Waals surface area (Å²) in [7, 11) is 2.00. The van der Waals surface area contributed by atoms with E-state index in [1.165, 1.54) is 0 Å². The maximum atomic E-state index is 12.3. The van der Waals surface area contributed by atoms with Crippen LogP contribution < -0.4 is 26.2 Å². The zero-order valence-electron chi connectivity index (χ0n) is 17.6. The van der Waals surface area contributed by atoms with E-state index in [2.05, 4.69) is 26.2 Å². The van der Waals surface area contributed by atoms with E-state index >= 15 is 0 Å². The van der Waals surface area contributed by atoms with E-state index in [0.717, 1.165) is 5.69 Å². The van der Waals surface area contributed by atoms with Crippen molar-refractivity contribution in [2.75, 3.05) is 34.4 Å². The van der Waals surface area contributed by atoms with Crippen LogP contribution in [0.1, 0.15) is 6.92 Å². The van der Waals surface area contributed by atoms with Crippen molar-refractivity contribution >= 4 is 34.8 Å². The Morgan fingerprint density at radius 2 is 1.26 bits per heavy atom. The number of hydrogen-bond donors (Lipinski definition) is 4. The first kappa shape index (κ1) is 21.7. The number of amides is 4. The van der Waals surface area contributed by atoms with Crippen molar-refractivity contribution in [1.82, 2.24) is 5.32 Å². The third-order valence-corrected chi connectivity index (χ3v) is 4.79. The van der Waals surface area contributed by atoms with Crippen LogP contribution in [0.5, 0.6) is 0 Å². The zero-order chi connectivity index (χ0) is 22.1. The summed E-state index contributed by atoms with van der Waals surface area (Å²) >= 11 is 0. The van der Waals surface area contributed by atoms with Gasteiger partial charge in [-0.1, -0.05) is 42.5 Å². The van der Waals surface area contributed by atoms with E-state index < -0.39 is 0 Å². The predicted octanol–water partition coefficient (Wildman–Crippen LogP) is 4.98. The normalized spacial score (nSPS) is 11.2. The van der Waals surface area contributed by atoms with E-state index in [9.17, 15) is 9.59 Å². The Labute approximate surface area is 182 Å². The standard InChI is InChI=1S/C24H27N5O2/c1-18(29(2)22-14-7-4-8-15-22)17-25-23(30)27-20-12-9-13-21(16-20)28-24(31)26-19-10-5-3-6-11-19/h3-16,18H,17H2,1-2H3,(H2,25,27,30)(H2,26,28,31)/t18-/m1/s1. The molecule has 0 radical (unpaired) electrons. The molecule has 0 aromatic heterocycles. The van der Waals surface area contributed by atoms with Gasteiger partial charge in [-0.3, -0.25) is 0 Å². The number of likely N-dealkylation sites (N-methyl/N-ethyl adjacent to an activating group) is 1. The highest BCUT2D eigenvalue weighted by Crippen LogP contribution is 2.16. The molecule has 160 valence electrons. The predicted molar refractivity (Wildman–Crippen MR) is 127 cm³/mol. The topological polar surface area (TPSA) is 85.5 Å². The highest BCUT2D eigenvalue weighted by molar-refractivity contribution is 6.00. The first-order chi connectivity index (χ1) is 15.0. The maximum Gasteiger partial charge on any atom is 0.323 e. The van der Waals surface area contributed by atoms with Gasteiger partial charge in [0.1, 0.15) is 0 Å². The number of nitrogens with one attached hydrogen (secondary N) is 4. The van der Waals surface area contributed by atoms with Gasteiger partial charge in [-0.25, -0.2) is 9.59 Å². The fraction of sp³-hybridized carbons (Fsp3) is 0.167. The monoisotopic (exact) mass is 417 g/mol. The number of rotatable bonds is 7. The molecule has 3 aromatic rings. The number of hydrogen-bond acceptors (Lipinski definition) is 3. The number of nitrogens with zero attached hydrogens (tertiary/aromatic N) is 1. The Morgan fingerprint density at radius 3 is 1.90 bits per heavy atom. The van der Waals surface area contributed by atoms with Crippen LogP contribution in [0.2, 0.25) is 0 Å². The molecule has 7 heteroatoms. The zero-order valence-corrected chi connectivity index (χ0v) is 17.6. The SMILES string of the molecule is C[C@H](CNC(=O)Nc1cccc(NC(=O)Nc2ccccc2)c1)N(C)c1ccccc1. The molecule has 0 saturated heterocycles. The van der Waals surface area contributed by atoms with Gasteiger partial charge in [0.05, 0.1) is 0 Å². The molecular formula is C24H27N5O2. The van der Waals surface area contributed by atoms with Crippen LogP contribution >= 0.6 is 0 Å². The van der Waals surface area contributed by atoms with Gasteiger partial charge in [-0.2, -0.15) is 0 Å². The summed E-state index contributed by atoms with van der Waals surface area (Å²) in [5, 5.41) is 11.2. The highest BCUT2D eigenvalue weighted by atomic mass is 16.2. The van der Waals surface area contributed by atoms with Crippen LogP contribution in [0.15, 0.2) is 84.9 Å². The van der Waals surface area contributed by atoms with Gasteiger partial charge in [-0.05, 0) is 49.4 Å². The smallest absolute Gasteiger partial charge is 0.323 e. The lowest BCUT2D eigenvalue weighted by atomic mass is 10.2. The lowest BCUT2D eigenvalue weighted by Gasteiger charge is -2.27. The quantitative estimate of drug-likeness (QED) is 0.437. The summed E-state index contributed by atoms with van der Waals surface area (Å²) in [6, 6.07) is 25.6. The maximum absolute atomic E-state index is 12.3. The highest BCUT2D eigenvalue weighted by Gasteiger charge is 2.11. The molecule has 0 heterocycles. The van der Waals surface area contributed by atoms with Crippen LogP contribution in [0.4, 0.5) is 32.3 Å². The van der Waals surface area contributed by atoms with Crippen LogP contribution in [-0.2, 0) is 0 Å². The average Bonchev–Trinajstić information content (AvgIpc) is 2.78. The summed E-state index contributed by atoms with van der Waals surface area (Å²) in [6.45, 7) is 2.53. The van der Waals surface area contributed by atoms with Crippen molar-refractivity contribution in [3.63, 3.8) is 0 Å². The minimum atomic E-state index is -0.356. The molecule has 3 rings (SSSR count). The van der Waals surface area contributed by atoms with Crippen molar-refractivity contribution in [3.8, 4) is 0 Å². The number of benzene rings is 3. The summed E-state index contributed by atoms with van der Waals surface area (Å²) in [4.78, 5) is 26.6. The minimum absolute atomic E-state index is 0.114. The average molecular weight is 418 g/mol. The lowest BCUT2D eigenvalue weighted by molar-refractivity contribution is 0.251. The fourth-order valence-electron chi connectivity index (χ4n) is 2.96. The molecule has 0 spiro atoms. The summed E-state index contributed by atoms with van der Waals surface area (Å²) in [5.74, 6) is 0. The van der Waals surface area contributed by atoms with Crippen molar-refractivity contribution in [2.24, 2.45) is 0 Å². The lowest BCUT2D eigenvalue weighted by Crippen LogP contribution is -2.41. The number of carbonyl (C=O) groups excluding carboxylic acids is 2. The Hall–Kier alpha value is -4.00. The molecule has 31 heavy (non-hydrogen) atoms. The molecule has 4 N–H and O–H groups in total. The molecule has 0 aliphatic rings. The molecule has 0 aliphatic carbocycles. The van der Waals surface area contributed by atoms with Gasteiger partial charge in [0.2, 0.25) is 0 Å². The summed E-state index contributed by atoms with van der Waals surface area (Å²) < 4.78 is 0. The Bertz CT molecular complexity index is 995. The Balaban J connectivity index is 1.48. The number of carbonyl (C=O) groups is 2. The number of anilines is 4. The minimum Gasteiger partial charge on any atom is -0.370 e. The van der Waals surface area contributed by atoms with Gasteiger partial charge >= 0.3 is 12.1 Å². The van der Waals surface area contributed by atoms with E-state index in [0.29, 0.717) is 23.6 Å². The largest absolute Gasteiger partial charge is 0.370 e. The second kappa shape index (κ2) is 10.7. The van der Waals surface area contributed by atoms with E-state index in [1.54, 1.807) is 36.4 Å². The first-order valence-corrected chi connectivity index (χ1v) is 10.1. The van der Waals surface area contributed by atoms with Gasteiger partial charge in [0.15, 0.2) is 0 Å². The molecule has 1 atom stereocenters. The third kappa shape index (κ3) is 6.78. The number of urea groups is 2. The van der Waals surface area contributed by atoms with Gasteiger partial charge < -0.3 is 26.2 Å². The molecular weight excluding hydrogens is 390 g/mol. The molecule has 0 unspecified atom stereocenters. The Kier molecular flexibility index (Phi) is 7.48. The molecule has 7 nitrogen and oxygen atoms in total. The molecule has 0 aliphatic heterocycles. The summed E-state index contributed by atoms with van der Waals surface area (Å²) in [5.41, 5.74) is 2.94. The third-order valence-electron chi connectivity index (χ3n) is 4.79. The fourth-order valence-corrected chi connectivity index (χ4v) is 2.96. The van der Waals surface area contributed by atoms with Crippen LogP contribution in [0.25, 0.3) is 0 Å². The van der Waals surface area contributed by atoms with E-state index in [4.69, 9.17) is 0 Å². The van der Waals surface area contributed by atoms with Crippen molar-refractivity contribution in [2.45, 2.75) is 13.0 Å². The van der Waals surface area contributed by atoms with Gasteiger partial charge in [-0.15, -0.1) is 0 Å². The molecule has 4 amide bonds. The van der Waals surface area contributed by atoms with Crippen molar-refractivity contribution in [1.29, 1.82) is 0 Å². The first-order valence-electron chi connectivity index (χ1n) is 10.1. The number of para-hydroxylation sites is 2. The van der Waals surface area contributed by atoms with Gasteiger partial charge in [0.25, 0.3) is 0 Å². The molecule has 0 bridgehead atoms. The Morgan fingerprint density at radius 1 is 0.742 bits per heavy atom. The second-order valence-corrected chi connectivity index (χ2v) is 7.16. The molecule has 0 fully saturated rings. The van der Waals surface area contributed by atoms with Crippen LogP contribution in [-0.4, -0.2) is 31.7 Å². The molecule has 3 aromatic carbocycles.